The molecule has 0 bridgehead atoms. The number of thioether (sulfide) groups is 1. The molecule has 5 heteroatoms. The number of nitrogens with one attached hydrogen (secondary N) is 2. The summed E-state index contributed by atoms with van der Waals surface area (Å²) < 4.78 is 0. The highest BCUT2D eigenvalue weighted by molar-refractivity contribution is 7.98. The average Bonchev–Trinajstić information content (AvgIpc) is 2.47. The zero-order valence-electron chi connectivity index (χ0n) is 12.6. The molecule has 0 fully saturated rings. The Labute approximate surface area is 132 Å². The van der Waals surface area contributed by atoms with Crippen molar-refractivity contribution in [2.24, 2.45) is 0 Å². The second kappa shape index (κ2) is 9.88. The fraction of sp³-hybridized carbons (Fsp3) is 0.533. The SMILES string of the molecule is CCN(CC)c1ccc(NC(=S)NCCCSC)cc1. The first kappa shape index (κ1) is 17.1. The van der Waals surface area contributed by atoms with Crippen LogP contribution in [-0.2, 0) is 0 Å². The highest BCUT2D eigenvalue weighted by atomic mass is 32.2. The molecule has 112 valence electrons. The topological polar surface area (TPSA) is 27.3 Å². The van der Waals surface area contributed by atoms with Gasteiger partial charge in [-0.25, -0.2) is 0 Å². The van der Waals surface area contributed by atoms with Crippen LogP contribution in [0.25, 0.3) is 0 Å². The molecule has 20 heavy (non-hydrogen) atoms. The molecule has 3 nitrogen and oxygen atoms in total. The van der Waals surface area contributed by atoms with Crippen molar-refractivity contribution in [3.8, 4) is 0 Å². The van der Waals surface area contributed by atoms with Gasteiger partial charge in [0.05, 0.1) is 0 Å². The molecule has 0 aromatic heterocycles. The molecule has 0 amide bonds. The van der Waals surface area contributed by atoms with E-state index in [1.807, 2.05) is 11.8 Å². The van der Waals surface area contributed by atoms with E-state index < -0.39 is 0 Å². The van der Waals surface area contributed by atoms with Crippen molar-refractivity contribution >= 4 is 40.5 Å². The van der Waals surface area contributed by atoms with Crippen molar-refractivity contribution in [2.45, 2.75) is 20.3 Å². The van der Waals surface area contributed by atoms with E-state index in [1.165, 1.54) is 5.69 Å². The summed E-state index contributed by atoms with van der Waals surface area (Å²) in [5.74, 6) is 1.16. The maximum absolute atomic E-state index is 5.28. The molecular weight excluding hydrogens is 286 g/mol. The number of benzene rings is 1. The standard InChI is InChI=1S/C15H25N3S2/c1-4-18(5-2)14-9-7-13(8-10-14)17-15(19)16-11-6-12-20-3/h7-10H,4-6,11-12H2,1-3H3,(H2,16,17,19). The van der Waals surface area contributed by atoms with Crippen LogP contribution in [0.4, 0.5) is 11.4 Å². The monoisotopic (exact) mass is 311 g/mol. The smallest absolute Gasteiger partial charge is 0.170 e. The molecule has 0 aliphatic carbocycles. The van der Waals surface area contributed by atoms with Crippen LogP contribution < -0.4 is 15.5 Å². The zero-order chi connectivity index (χ0) is 14.8. The largest absolute Gasteiger partial charge is 0.372 e. The highest BCUT2D eigenvalue weighted by Crippen LogP contribution is 2.17. The Hall–Kier alpha value is -0.940. The van der Waals surface area contributed by atoms with E-state index >= 15 is 0 Å². The molecule has 0 aliphatic rings. The van der Waals surface area contributed by atoms with Crippen LogP contribution in [0.1, 0.15) is 20.3 Å². The summed E-state index contributed by atoms with van der Waals surface area (Å²) in [4.78, 5) is 2.32. The molecule has 1 aromatic carbocycles. The van der Waals surface area contributed by atoms with E-state index in [0.717, 1.165) is 37.5 Å². The van der Waals surface area contributed by atoms with Crippen LogP contribution in [0.5, 0.6) is 0 Å². The van der Waals surface area contributed by atoms with E-state index in [2.05, 4.69) is 59.9 Å². The van der Waals surface area contributed by atoms with Gasteiger partial charge in [0.15, 0.2) is 5.11 Å². The minimum atomic E-state index is 0.696. The van der Waals surface area contributed by atoms with Gasteiger partial charge < -0.3 is 15.5 Å². The first-order chi connectivity index (χ1) is 9.71. The van der Waals surface area contributed by atoms with E-state index in [4.69, 9.17) is 12.2 Å². The Bertz CT molecular complexity index is 389. The van der Waals surface area contributed by atoms with Gasteiger partial charge in [-0.15, -0.1) is 0 Å². The summed E-state index contributed by atoms with van der Waals surface area (Å²) in [5, 5.41) is 7.13. The lowest BCUT2D eigenvalue weighted by Crippen LogP contribution is -2.29. The minimum absolute atomic E-state index is 0.696. The van der Waals surface area contributed by atoms with Gasteiger partial charge in [-0.1, -0.05) is 0 Å². The number of anilines is 2. The molecule has 0 spiro atoms. The van der Waals surface area contributed by atoms with Gasteiger partial charge in [0, 0.05) is 31.0 Å². The summed E-state index contributed by atoms with van der Waals surface area (Å²) in [6, 6.07) is 8.41. The minimum Gasteiger partial charge on any atom is -0.372 e. The van der Waals surface area contributed by atoms with Crippen molar-refractivity contribution in [3.05, 3.63) is 24.3 Å². The maximum Gasteiger partial charge on any atom is 0.170 e. The molecule has 1 aromatic rings. The Morgan fingerprint density at radius 2 is 1.85 bits per heavy atom. The number of thiocarbonyl (C=S) groups is 1. The molecule has 0 unspecified atom stereocenters. The van der Waals surface area contributed by atoms with Crippen molar-refractivity contribution in [1.29, 1.82) is 0 Å². The van der Waals surface area contributed by atoms with E-state index in [1.54, 1.807) is 0 Å². The van der Waals surface area contributed by atoms with Crippen LogP contribution >= 0.6 is 24.0 Å². The summed E-state index contributed by atoms with van der Waals surface area (Å²) >= 11 is 7.13. The van der Waals surface area contributed by atoms with Crippen LogP contribution in [0.2, 0.25) is 0 Å². The van der Waals surface area contributed by atoms with Crippen molar-refractivity contribution in [1.82, 2.24) is 5.32 Å². The number of hydrogen-bond acceptors (Lipinski definition) is 3. The molecule has 0 atom stereocenters. The van der Waals surface area contributed by atoms with E-state index in [9.17, 15) is 0 Å². The van der Waals surface area contributed by atoms with Gasteiger partial charge in [0.2, 0.25) is 0 Å². The third-order valence-electron chi connectivity index (χ3n) is 3.06. The molecule has 2 N–H and O–H groups in total. The Balaban J connectivity index is 2.42. The summed E-state index contributed by atoms with van der Waals surface area (Å²) in [6.45, 7) is 7.31. The fourth-order valence-electron chi connectivity index (χ4n) is 1.94. The molecule has 0 saturated heterocycles. The summed E-state index contributed by atoms with van der Waals surface area (Å²) in [5.41, 5.74) is 2.28. The first-order valence-electron chi connectivity index (χ1n) is 7.10. The van der Waals surface area contributed by atoms with Gasteiger partial charge in [-0.2, -0.15) is 11.8 Å². The average molecular weight is 312 g/mol. The van der Waals surface area contributed by atoms with Crippen LogP contribution in [0, 0.1) is 0 Å². The predicted octanol–water partition coefficient (Wildman–Crippen LogP) is 3.57. The quantitative estimate of drug-likeness (QED) is 0.565. The second-order valence-corrected chi connectivity index (χ2v) is 5.84. The number of nitrogens with zero attached hydrogens (tertiary/aromatic N) is 1. The van der Waals surface area contributed by atoms with Gasteiger partial charge in [-0.05, 0) is 68.8 Å². The number of rotatable bonds is 8. The molecule has 0 radical (unpaired) electrons. The highest BCUT2D eigenvalue weighted by Gasteiger charge is 2.02. The number of hydrogen-bond donors (Lipinski definition) is 2. The second-order valence-electron chi connectivity index (χ2n) is 4.45. The van der Waals surface area contributed by atoms with Crippen LogP contribution in [0.15, 0.2) is 24.3 Å². The van der Waals surface area contributed by atoms with Crippen LogP contribution in [0.3, 0.4) is 0 Å². The van der Waals surface area contributed by atoms with Crippen molar-refractivity contribution in [3.63, 3.8) is 0 Å². The molecule has 0 heterocycles. The van der Waals surface area contributed by atoms with Gasteiger partial charge in [0.25, 0.3) is 0 Å². The molecular formula is C15H25N3S2. The Kier molecular flexibility index (Phi) is 8.46. The predicted molar refractivity (Wildman–Crippen MR) is 97.2 cm³/mol. The molecule has 0 aliphatic heterocycles. The van der Waals surface area contributed by atoms with Gasteiger partial charge in [0.1, 0.15) is 0 Å². The normalized spacial score (nSPS) is 10.2. The third-order valence-corrected chi connectivity index (χ3v) is 4.01. The van der Waals surface area contributed by atoms with E-state index in [0.29, 0.717) is 5.11 Å². The lowest BCUT2D eigenvalue weighted by atomic mass is 10.2. The molecule has 1 rings (SSSR count). The van der Waals surface area contributed by atoms with Gasteiger partial charge >= 0.3 is 0 Å². The Morgan fingerprint density at radius 3 is 2.40 bits per heavy atom. The summed E-state index contributed by atoms with van der Waals surface area (Å²) in [6.07, 6.45) is 3.25. The first-order valence-corrected chi connectivity index (χ1v) is 8.90. The van der Waals surface area contributed by atoms with E-state index in [-0.39, 0.29) is 0 Å². The maximum atomic E-state index is 5.28. The zero-order valence-corrected chi connectivity index (χ0v) is 14.2. The third kappa shape index (κ3) is 6.01. The van der Waals surface area contributed by atoms with Gasteiger partial charge in [-0.3, -0.25) is 0 Å². The lowest BCUT2D eigenvalue weighted by Gasteiger charge is -2.21. The summed E-state index contributed by atoms with van der Waals surface area (Å²) in [7, 11) is 0. The Morgan fingerprint density at radius 1 is 1.20 bits per heavy atom. The van der Waals surface area contributed by atoms with Crippen molar-refractivity contribution in [2.75, 3.05) is 41.9 Å². The fourth-order valence-corrected chi connectivity index (χ4v) is 2.59. The van der Waals surface area contributed by atoms with Crippen LogP contribution in [-0.4, -0.2) is 36.8 Å². The lowest BCUT2D eigenvalue weighted by molar-refractivity contribution is 0.855. The van der Waals surface area contributed by atoms with Crippen molar-refractivity contribution < 1.29 is 0 Å². The molecule has 0 saturated carbocycles.